The molecule has 0 fully saturated rings. The maximum absolute atomic E-state index is 4.79. The number of hydrogen-bond donors (Lipinski definition) is 1. The number of hydrogen-bond acceptors (Lipinski definition) is 3. The first kappa shape index (κ1) is 16.5. The Bertz CT molecular complexity index is 513. The standard InChI is InChI=1S/C14H18N4O.HI/c1-15-14(16-10-13-8-9-19-17-13)18(2)11-12-6-4-3-5-7-12;/h3-9H,10-11H2,1-2H3,(H,15,16);1H. The summed E-state index contributed by atoms with van der Waals surface area (Å²) >= 11 is 0. The van der Waals surface area contributed by atoms with Crippen LogP contribution in [0.1, 0.15) is 11.3 Å². The summed E-state index contributed by atoms with van der Waals surface area (Å²) in [5, 5.41) is 7.10. The van der Waals surface area contributed by atoms with Gasteiger partial charge in [0.05, 0.1) is 6.54 Å². The number of halogens is 1. The topological polar surface area (TPSA) is 53.7 Å². The maximum atomic E-state index is 4.79. The third kappa shape index (κ3) is 4.84. The van der Waals surface area contributed by atoms with Crippen molar-refractivity contribution in [1.29, 1.82) is 0 Å². The van der Waals surface area contributed by atoms with Gasteiger partial charge in [-0.3, -0.25) is 4.99 Å². The summed E-state index contributed by atoms with van der Waals surface area (Å²) in [5.41, 5.74) is 2.10. The lowest BCUT2D eigenvalue weighted by Crippen LogP contribution is -2.38. The van der Waals surface area contributed by atoms with Crippen LogP contribution in [-0.2, 0) is 13.1 Å². The van der Waals surface area contributed by atoms with Gasteiger partial charge in [0.25, 0.3) is 0 Å². The highest BCUT2D eigenvalue weighted by Gasteiger charge is 2.07. The van der Waals surface area contributed by atoms with Gasteiger partial charge < -0.3 is 14.7 Å². The average molecular weight is 386 g/mol. The number of nitrogens with zero attached hydrogens (tertiary/aromatic N) is 3. The van der Waals surface area contributed by atoms with Crippen LogP contribution in [0.4, 0.5) is 0 Å². The van der Waals surface area contributed by atoms with E-state index in [-0.39, 0.29) is 24.0 Å². The summed E-state index contributed by atoms with van der Waals surface area (Å²) in [6.45, 7) is 1.40. The molecule has 0 saturated carbocycles. The van der Waals surface area contributed by atoms with E-state index in [1.807, 2.05) is 31.3 Å². The van der Waals surface area contributed by atoms with Crippen molar-refractivity contribution in [2.45, 2.75) is 13.1 Å². The summed E-state index contributed by atoms with van der Waals surface area (Å²) < 4.78 is 4.79. The highest BCUT2D eigenvalue weighted by molar-refractivity contribution is 14.0. The number of aliphatic imine (C=N–C) groups is 1. The summed E-state index contributed by atoms with van der Waals surface area (Å²) in [7, 11) is 3.78. The fourth-order valence-corrected chi connectivity index (χ4v) is 1.82. The van der Waals surface area contributed by atoms with E-state index in [0.717, 1.165) is 18.2 Å². The molecule has 0 saturated heterocycles. The quantitative estimate of drug-likeness (QED) is 0.499. The molecule has 2 aromatic rings. The van der Waals surface area contributed by atoms with Crippen LogP contribution >= 0.6 is 24.0 Å². The first-order valence-electron chi connectivity index (χ1n) is 6.14. The third-order valence-corrected chi connectivity index (χ3v) is 2.75. The molecule has 0 aliphatic carbocycles. The minimum Gasteiger partial charge on any atom is -0.364 e. The minimum absolute atomic E-state index is 0. The monoisotopic (exact) mass is 386 g/mol. The molecule has 1 aromatic heterocycles. The van der Waals surface area contributed by atoms with Crippen molar-refractivity contribution in [3.8, 4) is 0 Å². The minimum atomic E-state index is 0. The van der Waals surface area contributed by atoms with Crippen LogP contribution in [0.5, 0.6) is 0 Å². The molecule has 0 radical (unpaired) electrons. The van der Waals surface area contributed by atoms with Crippen LogP contribution in [0.15, 0.2) is 52.2 Å². The number of guanidine groups is 1. The molecular weight excluding hydrogens is 367 g/mol. The Morgan fingerprint density at radius 1 is 1.30 bits per heavy atom. The van der Waals surface area contributed by atoms with Gasteiger partial charge in [-0.25, -0.2) is 0 Å². The highest BCUT2D eigenvalue weighted by Crippen LogP contribution is 2.03. The van der Waals surface area contributed by atoms with Gasteiger partial charge in [0.1, 0.15) is 12.0 Å². The lowest BCUT2D eigenvalue weighted by Gasteiger charge is -2.21. The SMILES string of the molecule is CN=C(NCc1ccon1)N(C)Cc1ccccc1.I. The van der Waals surface area contributed by atoms with Gasteiger partial charge in [0.2, 0.25) is 0 Å². The Labute approximate surface area is 136 Å². The van der Waals surface area contributed by atoms with E-state index in [1.165, 1.54) is 5.56 Å². The molecule has 108 valence electrons. The van der Waals surface area contributed by atoms with E-state index in [0.29, 0.717) is 6.54 Å². The molecule has 1 N–H and O–H groups in total. The Morgan fingerprint density at radius 3 is 2.65 bits per heavy atom. The molecule has 0 aliphatic rings. The van der Waals surface area contributed by atoms with Gasteiger partial charge >= 0.3 is 0 Å². The molecule has 0 unspecified atom stereocenters. The van der Waals surface area contributed by atoms with Gasteiger partial charge in [-0.05, 0) is 5.56 Å². The van der Waals surface area contributed by atoms with Crippen molar-refractivity contribution in [3.63, 3.8) is 0 Å². The summed E-state index contributed by atoms with van der Waals surface area (Å²) in [4.78, 5) is 6.32. The summed E-state index contributed by atoms with van der Waals surface area (Å²) in [6, 6.07) is 12.1. The Hall–Kier alpha value is -1.57. The molecule has 6 heteroatoms. The zero-order valence-corrected chi connectivity index (χ0v) is 13.9. The van der Waals surface area contributed by atoms with Crippen LogP contribution in [0.3, 0.4) is 0 Å². The van der Waals surface area contributed by atoms with Crippen molar-refractivity contribution in [3.05, 3.63) is 53.9 Å². The average Bonchev–Trinajstić information content (AvgIpc) is 2.94. The smallest absolute Gasteiger partial charge is 0.194 e. The molecule has 0 aliphatic heterocycles. The van der Waals surface area contributed by atoms with E-state index in [4.69, 9.17) is 4.52 Å². The zero-order chi connectivity index (χ0) is 13.5. The van der Waals surface area contributed by atoms with Crippen LogP contribution < -0.4 is 5.32 Å². The van der Waals surface area contributed by atoms with Crippen molar-refractivity contribution in [2.75, 3.05) is 14.1 Å². The van der Waals surface area contributed by atoms with Gasteiger partial charge in [-0.1, -0.05) is 35.5 Å². The largest absolute Gasteiger partial charge is 0.364 e. The molecule has 0 amide bonds. The lowest BCUT2D eigenvalue weighted by atomic mass is 10.2. The Morgan fingerprint density at radius 2 is 2.05 bits per heavy atom. The van der Waals surface area contributed by atoms with Crippen molar-refractivity contribution in [2.24, 2.45) is 4.99 Å². The van der Waals surface area contributed by atoms with E-state index in [2.05, 4.69) is 32.5 Å². The second kappa shape index (κ2) is 8.57. The van der Waals surface area contributed by atoms with Crippen molar-refractivity contribution in [1.82, 2.24) is 15.4 Å². The van der Waals surface area contributed by atoms with Crippen LogP contribution in [-0.4, -0.2) is 30.1 Å². The molecule has 0 atom stereocenters. The Kier molecular flexibility index (Phi) is 7.06. The molecular formula is C14H19IN4O. The lowest BCUT2D eigenvalue weighted by molar-refractivity contribution is 0.409. The predicted molar refractivity (Wildman–Crippen MR) is 90.0 cm³/mol. The van der Waals surface area contributed by atoms with E-state index in [1.54, 1.807) is 13.3 Å². The van der Waals surface area contributed by atoms with E-state index < -0.39 is 0 Å². The number of benzene rings is 1. The van der Waals surface area contributed by atoms with Gasteiger partial charge in [-0.15, -0.1) is 24.0 Å². The van der Waals surface area contributed by atoms with Crippen molar-refractivity contribution < 1.29 is 4.52 Å². The van der Waals surface area contributed by atoms with E-state index >= 15 is 0 Å². The normalized spacial score (nSPS) is 10.8. The van der Waals surface area contributed by atoms with Crippen LogP contribution in [0.2, 0.25) is 0 Å². The molecule has 2 rings (SSSR count). The molecule has 5 nitrogen and oxygen atoms in total. The predicted octanol–water partition coefficient (Wildman–Crippen LogP) is 2.50. The van der Waals surface area contributed by atoms with Gasteiger partial charge in [0.15, 0.2) is 5.96 Å². The second-order valence-corrected chi connectivity index (χ2v) is 4.23. The van der Waals surface area contributed by atoms with Gasteiger partial charge in [0, 0.05) is 26.7 Å². The highest BCUT2D eigenvalue weighted by atomic mass is 127. The first-order valence-corrected chi connectivity index (χ1v) is 6.14. The molecule has 1 heterocycles. The number of aromatic nitrogens is 1. The molecule has 20 heavy (non-hydrogen) atoms. The molecule has 1 aromatic carbocycles. The Balaban J connectivity index is 0.00000200. The summed E-state index contributed by atoms with van der Waals surface area (Å²) in [5.74, 6) is 0.826. The molecule has 0 spiro atoms. The molecule has 0 bridgehead atoms. The van der Waals surface area contributed by atoms with Crippen LogP contribution in [0, 0.1) is 0 Å². The summed E-state index contributed by atoms with van der Waals surface area (Å²) in [6.07, 6.45) is 1.56. The van der Waals surface area contributed by atoms with E-state index in [9.17, 15) is 0 Å². The first-order chi connectivity index (χ1) is 9.29. The third-order valence-electron chi connectivity index (χ3n) is 2.75. The van der Waals surface area contributed by atoms with Crippen molar-refractivity contribution >= 4 is 29.9 Å². The fourth-order valence-electron chi connectivity index (χ4n) is 1.82. The number of nitrogens with one attached hydrogen (secondary N) is 1. The van der Waals surface area contributed by atoms with Crippen LogP contribution in [0.25, 0.3) is 0 Å². The fraction of sp³-hybridized carbons (Fsp3) is 0.286. The maximum Gasteiger partial charge on any atom is 0.194 e. The second-order valence-electron chi connectivity index (χ2n) is 4.23. The van der Waals surface area contributed by atoms with Gasteiger partial charge in [-0.2, -0.15) is 0 Å². The zero-order valence-electron chi connectivity index (χ0n) is 11.6. The number of rotatable bonds is 4.